The number of benzene rings is 1. The summed E-state index contributed by atoms with van der Waals surface area (Å²) in [5.74, 6) is -0.235. The van der Waals surface area contributed by atoms with Gasteiger partial charge in [-0.15, -0.1) is 0 Å². The van der Waals surface area contributed by atoms with E-state index in [4.69, 9.17) is 10.2 Å². The number of hydrogen-bond donors (Lipinski definition) is 2. The van der Waals surface area contributed by atoms with E-state index in [1.165, 1.54) is 18.3 Å². The van der Waals surface area contributed by atoms with E-state index in [1.54, 1.807) is 18.2 Å². The number of hydrogen-bond acceptors (Lipinski definition) is 2. The maximum absolute atomic E-state index is 12.5. The molecule has 4 heteroatoms. The standard InChI is InChI=1S/C10H10FN.CH3NO/c1-8(6-7-12)9-2-4-10(11)5-3-9;2-1-3/h2-7,12H,1H3;1H,(H2,2,3)/b8-6+,12-7?;. The highest BCUT2D eigenvalue weighted by atomic mass is 19.1. The van der Waals surface area contributed by atoms with Gasteiger partial charge in [0.25, 0.3) is 0 Å². The number of halogens is 1. The van der Waals surface area contributed by atoms with Crippen LogP contribution in [0.4, 0.5) is 4.39 Å². The van der Waals surface area contributed by atoms with Crippen molar-refractivity contribution in [2.24, 2.45) is 5.73 Å². The maximum atomic E-state index is 12.5. The number of nitrogens with one attached hydrogen (secondary N) is 1. The highest BCUT2D eigenvalue weighted by Crippen LogP contribution is 2.12. The summed E-state index contributed by atoms with van der Waals surface area (Å²) in [6.07, 6.45) is 3.14. The van der Waals surface area contributed by atoms with Gasteiger partial charge in [-0.1, -0.05) is 12.1 Å². The Hall–Kier alpha value is -1.97. The fourth-order valence-corrected chi connectivity index (χ4v) is 0.934. The molecule has 0 aromatic heterocycles. The van der Waals surface area contributed by atoms with Crippen molar-refractivity contribution in [1.82, 2.24) is 0 Å². The molecule has 1 rings (SSSR count). The lowest BCUT2D eigenvalue weighted by molar-refractivity contribution is -0.106. The molecular weight excluding hydrogens is 195 g/mol. The predicted molar refractivity (Wildman–Crippen MR) is 59.1 cm³/mol. The Bertz CT molecular complexity index is 344. The van der Waals surface area contributed by atoms with Crippen LogP contribution in [-0.4, -0.2) is 12.6 Å². The first-order valence-electron chi connectivity index (χ1n) is 4.24. The second-order valence-electron chi connectivity index (χ2n) is 2.66. The Morgan fingerprint density at radius 1 is 1.40 bits per heavy atom. The van der Waals surface area contributed by atoms with Crippen molar-refractivity contribution in [2.45, 2.75) is 6.92 Å². The van der Waals surface area contributed by atoms with Crippen molar-refractivity contribution >= 4 is 18.2 Å². The van der Waals surface area contributed by atoms with E-state index in [0.29, 0.717) is 0 Å². The van der Waals surface area contributed by atoms with Crippen LogP contribution in [0.1, 0.15) is 12.5 Å². The molecule has 0 saturated carbocycles. The van der Waals surface area contributed by atoms with E-state index in [2.05, 4.69) is 5.73 Å². The lowest BCUT2D eigenvalue weighted by Gasteiger charge is -1.98. The second-order valence-corrected chi connectivity index (χ2v) is 2.66. The summed E-state index contributed by atoms with van der Waals surface area (Å²) in [7, 11) is 0. The average Bonchev–Trinajstić information content (AvgIpc) is 2.20. The van der Waals surface area contributed by atoms with Crippen molar-refractivity contribution in [1.29, 1.82) is 5.41 Å². The molecule has 0 radical (unpaired) electrons. The van der Waals surface area contributed by atoms with E-state index >= 15 is 0 Å². The topological polar surface area (TPSA) is 66.9 Å². The van der Waals surface area contributed by atoms with Crippen LogP contribution in [0.2, 0.25) is 0 Å². The van der Waals surface area contributed by atoms with Crippen molar-refractivity contribution < 1.29 is 9.18 Å². The number of primary amides is 1. The molecule has 0 unspecified atom stereocenters. The molecule has 0 heterocycles. The minimum atomic E-state index is -0.235. The molecule has 0 bridgehead atoms. The number of nitrogens with two attached hydrogens (primary N) is 1. The normalized spacial score (nSPS) is 9.87. The molecule has 1 aromatic carbocycles. The molecule has 15 heavy (non-hydrogen) atoms. The van der Waals surface area contributed by atoms with Gasteiger partial charge in [0.2, 0.25) is 6.41 Å². The van der Waals surface area contributed by atoms with Crippen LogP contribution in [0.5, 0.6) is 0 Å². The quantitative estimate of drug-likeness (QED) is 0.566. The summed E-state index contributed by atoms with van der Waals surface area (Å²) in [4.78, 5) is 8.58. The van der Waals surface area contributed by atoms with Crippen molar-refractivity contribution in [3.05, 3.63) is 41.7 Å². The molecule has 3 N–H and O–H groups in total. The maximum Gasteiger partial charge on any atom is 0.204 e. The van der Waals surface area contributed by atoms with E-state index < -0.39 is 0 Å². The van der Waals surface area contributed by atoms with Gasteiger partial charge in [-0.25, -0.2) is 4.39 Å². The molecule has 1 aromatic rings. The highest BCUT2D eigenvalue weighted by molar-refractivity contribution is 5.81. The van der Waals surface area contributed by atoms with Crippen LogP contribution >= 0.6 is 0 Å². The Balaban J connectivity index is 0.000000583. The molecule has 80 valence electrons. The number of carbonyl (C=O) groups is 1. The molecule has 0 aliphatic rings. The van der Waals surface area contributed by atoms with Gasteiger partial charge < -0.3 is 11.1 Å². The first-order valence-corrected chi connectivity index (χ1v) is 4.24. The lowest BCUT2D eigenvalue weighted by atomic mass is 10.1. The Morgan fingerprint density at radius 3 is 2.27 bits per heavy atom. The monoisotopic (exact) mass is 208 g/mol. The van der Waals surface area contributed by atoms with Gasteiger partial charge in [0.05, 0.1) is 0 Å². The molecule has 0 fully saturated rings. The fourth-order valence-electron chi connectivity index (χ4n) is 0.934. The minimum Gasteiger partial charge on any atom is -0.372 e. The molecular formula is C11H13FN2O. The van der Waals surface area contributed by atoms with Crippen LogP contribution in [-0.2, 0) is 4.79 Å². The van der Waals surface area contributed by atoms with Crippen LogP contribution < -0.4 is 5.73 Å². The smallest absolute Gasteiger partial charge is 0.204 e. The third kappa shape index (κ3) is 5.36. The third-order valence-corrected chi connectivity index (χ3v) is 1.63. The average molecular weight is 208 g/mol. The van der Waals surface area contributed by atoms with Crippen LogP contribution in [0.15, 0.2) is 30.3 Å². The first-order chi connectivity index (χ1) is 7.15. The molecule has 0 saturated heterocycles. The first kappa shape index (κ1) is 13.0. The van der Waals surface area contributed by atoms with Gasteiger partial charge >= 0.3 is 0 Å². The molecule has 0 atom stereocenters. The number of amides is 1. The van der Waals surface area contributed by atoms with E-state index in [9.17, 15) is 4.39 Å². The molecule has 3 nitrogen and oxygen atoms in total. The molecule has 1 amide bonds. The summed E-state index contributed by atoms with van der Waals surface area (Å²) in [5.41, 5.74) is 6.07. The zero-order chi connectivity index (χ0) is 11.7. The lowest BCUT2D eigenvalue weighted by Crippen LogP contribution is -1.82. The third-order valence-electron chi connectivity index (χ3n) is 1.63. The zero-order valence-corrected chi connectivity index (χ0v) is 8.41. The Labute approximate surface area is 87.9 Å². The number of allylic oxidation sites excluding steroid dienone is 2. The summed E-state index contributed by atoms with van der Waals surface area (Å²) in [5, 5.41) is 6.85. The van der Waals surface area contributed by atoms with E-state index in [-0.39, 0.29) is 12.2 Å². The number of rotatable bonds is 2. The van der Waals surface area contributed by atoms with E-state index in [1.807, 2.05) is 6.92 Å². The van der Waals surface area contributed by atoms with Crippen molar-refractivity contribution in [3.63, 3.8) is 0 Å². The van der Waals surface area contributed by atoms with Gasteiger partial charge in [-0.2, -0.15) is 0 Å². The van der Waals surface area contributed by atoms with E-state index in [0.717, 1.165) is 11.1 Å². The highest BCUT2D eigenvalue weighted by Gasteiger charge is 1.93. The SMILES string of the molecule is C/C(=C\C=N)c1ccc(F)cc1.NC=O. The van der Waals surface area contributed by atoms with Gasteiger partial charge in [-0.05, 0) is 36.3 Å². The van der Waals surface area contributed by atoms with Gasteiger partial charge in [0.15, 0.2) is 0 Å². The molecule has 0 spiro atoms. The summed E-state index contributed by atoms with van der Waals surface area (Å²) in [6.45, 7) is 1.89. The summed E-state index contributed by atoms with van der Waals surface area (Å²) in [6, 6.07) is 6.22. The van der Waals surface area contributed by atoms with Crippen molar-refractivity contribution in [2.75, 3.05) is 0 Å². The second kappa shape index (κ2) is 7.44. The fraction of sp³-hybridized carbons (Fsp3) is 0.0909. The van der Waals surface area contributed by atoms with Crippen LogP contribution in [0.3, 0.4) is 0 Å². The van der Waals surface area contributed by atoms with Gasteiger partial charge in [0.1, 0.15) is 5.82 Å². The Kier molecular flexibility index (Phi) is 6.46. The van der Waals surface area contributed by atoms with Crippen molar-refractivity contribution in [3.8, 4) is 0 Å². The van der Waals surface area contributed by atoms with Gasteiger partial charge in [0, 0.05) is 6.21 Å². The van der Waals surface area contributed by atoms with Crippen LogP contribution in [0.25, 0.3) is 5.57 Å². The summed E-state index contributed by atoms with van der Waals surface area (Å²) >= 11 is 0. The number of carbonyl (C=O) groups excluding carboxylic acids is 1. The predicted octanol–water partition coefficient (Wildman–Crippen LogP) is 1.98. The van der Waals surface area contributed by atoms with Crippen LogP contribution in [0, 0.1) is 11.2 Å². The molecule has 0 aliphatic heterocycles. The Morgan fingerprint density at radius 2 is 1.87 bits per heavy atom. The largest absolute Gasteiger partial charge is 0.372 e. The van der Waals surface area contributed by atoms with Gasteiger partial charge in [-0.3, -0.25) is 4.79 Å². The minimum absolute atomic E-state index is 0.235. The molecule has 0 aliphatic carbocycles. The summed E-state index contributed by atoms with van der Waals surface area (Å²) < 4.78 is 12.5. The zero-order valence-electron chi connectivity index (χ0n) is 8.41.